The van der Waals surface area contributed by atoms with Gasteiger partial charge in [-0.3, -0.25) is 4.79 Å². The highest BCUT2D eigenvalue weighted by molar-refractivity contribution is 7.90. The molecule has 4 rings (SSSR count). The molecule has 0 fully saturated rings. The Kier molecular flexibility index (Phi) is 5.51. The smallest absolute Gasteiger partial charge is 0.240 e. The van der Waals surface area contributed by atoms with Crippen LogP contribution in [0.1, 0.15) is 43.0 Å². The third-order valence-corrected chi connectivity index (χ3v) is 6.95. The van der Waals surface area contributed by atoms with Gasteiger partial charge in [0.15, 0.2) is 21.3 Å². The molecule has 2 aliphatic rings. The minimum atomic E-state index is -3.08. The molecule has 158 valence electrons. The predicted octanol–water partition coefficient (Wildman–Crippen LogP) is 3.09. The van der Waals surface area contributed by atoms with Crippen molar-refractivity contribution in [2.24, 2.45) is 5.10 Å². The van der Waals surface area contributed by atoms with Crippen LogP contribution in [0.5, 0.6) is 11.5 Å². The first-order valence-corrected chi connectivity index (χ1v) is 11.7. The van der Waals surface area contributed by atoms with Gasteiger partial charge in [-0.15, -0.1) is 0 Å². The molecule has 1 atom stereocenters. The van der Waals surface area contributed by atoms with Crippen molar-refractivity contribution in [3.05, 3.63) is 59.2 Å². The van der Waals surface area contributed by atoms with Gasteiger partial charge in [0.25, 0.3) is 0 Å². The molecule has 0 saturated carbocycles. The van der Waals surface area contributed by atoms with Crippen LogP contribution in [0.3, 0.4) is 0 Å². The fourth-order valence-electron chi connectivity index (χ4n) is 3.65. The number of hydrogen-bond donors (Lipinski definition) is 0. The minimum absolute atomic E-state index is 0.0235. The lowest BCUT2D eigenvalue weighted by Gasteiger charge is -2.23. The fourth-order valence-corrected chi connectivity index (χ4v) is 4.56. The van der Waals surface area contributed by atoms with Gasteiger partial charge < -0.3 is 9.47 Å². The standard InChI is InChI=1S/C22H24N2O5S/c1-3-30(26,27)14-16-4-6-17(7-5-16)19-13-20(24(23-19)15(2)25)18-8-9-21-22(12-18)29-11-10-28-21/h4-9,12,20H,3,10-11,13-14H2,1-2H3. The van der Waals surface area contributed by atoms with E-state index in [1.807, 2.05) is 30.3 Å². The maximum atomic E-state index is 12.2. The molecule has 0 N–H and O–H groups in total. The summed E-state index contributed by atoms with van der Waals surface area (Å²) in [5.41, 5.74) is 3.33. The topological polar surface area (TPSA) is 85.3 Å². The predicted molar refractivity (Wildman–Crippen MR) is 113 cm³/mol. The molecule has 0 aliphatic carbocycles. The highest BCUT2D eigenvalue weighted by atomic mass is 32.2. The molecular weight excluding hydrogens is 404 g/mol. The summed E-state index contributed by atoms with van der Waals surface area (Å²) in [6, 6.07) is 12.8. The van der Waals surface area contributed by atoms with Crippen molar-refractivity contribution in [1.82, 2.24) is 5.01 Å². The Morgan fingerprint density at radius 2 is 1.80 bits per heavy atom. The summed E-state index contributed by atoms with van der Waals surface area (Å²) >= 11 is 0. The lowest BCUT2D eigenvalue weighted by molar-refractivity contribution is -0.130. The number of carbonyl (C=O) groups excluding carboxylic acids is 1. The second-order valence-corrected chi connectivity index (χ2v) is 9.76. The number of sulfone groups is 1. The van der Waals surface area contributed by atoms with Crippen LogP contribution in [0.15, 0.2) is 47.6 Å². The molecule has 0 spiro atoms. The van der Waals surface area contributed by atoms with Crippen LogP contribution in [-0.2, 0) is 20.4 Å². The zero-order valence-corrected chi connectivity index (χ0v) is 17.8. The van der Waals surface area contributed by atoms with Crippen molar-refractivity contribution in [2.45, 2.75) is 32.1 Å². The quantitative estimate of drug-likeness (QED) is 0.731. The number of benzene rings is 2. The zero-order chi connectivity index (χ0) is 21.3. The Hall–Kier alpha value is -2.87. The number of carbonyl (C=O) groups is 1. The van der Waals surface area contributed by atoms with E-state index < -0.39 is 9.84 Å². The van der Waals surface area contributed by atoms with Crippen molar-refractivity contribution in [3.8, 4) is 11.5 Å². The Morgan fingerprint density at radius 3 is 2.47 bits per heavy atom. The summed E-state index contributed by atoms with van der Waals surface area (Å²) in [6.07, 6.45) is 0.561. The minimum Gasteiger partial charge on any atom is -0.486 e. The lowest BCUT2D eigenvalue weighted by Crippen LogP contribution is -2.24. The van der Waals surface area contributed by atoms with Crippen LogP contribution in [0.4, 0.5) is 0 Å². The third-order valence-electron chi connectivity index (χ3n) is 5.30. The van der Waals surface area contributed by atoms with E-state index in [1.54, 1.807) is 19.1 Å². The van der Waals surface area contributed by atoms with Crippen LogP contribution in [-0.4, -0.2) is 44.0 Å². The summed E-state index contributed by atoms with van der Waals surface area (Å²) in [6.45, 7) is 4.17. The maximum Gasteiger partial charge on any atom is 0.240 e. The summed E-state index contributed by atoms with van der Waals surface area (Å²) in [5, 5.41) is 6.05. The monoisotopic (exact) mass is 428 g/mol. The van der Waals surface area contributed by atoms with Crippen LogP contribution < -0.4 is 9.47 Å². The van der Waals surface area contributed by atoms with Gasteiger partial charge in [-0.1, -0.05) is 37.3 Å². The molecule has 1 unspecified atom stereocenters. The Bertz CT molecular complexity index is 1090. The van der Waals surface area contributed by atoms with E-state index in [4.69, 9.17) is 9.47 Å². The molecule has 1 amide bonds. The van der Waals surface area contributed by atoms with Gasteiger partial charge in [0, 0.05) is 19.1 Å². The number of nitrogens with zero attached hydrogens (tertiary/aromatic N) is 2. The Balaban J connectivity index is 1.57. The SMILES string of the molecule is CCS(=O)(=O)Cc1ccc(C2=NN(C(C)=O)C(c3ccc4c(c3)OCCO4)C2)cc1. The normalized spacial score (nSPS) is 18.3. The van der Waals surface area contributed by atoms with E-state index in [9.17, 15) is 13.2 Å². The molecule has 0 saturated heterocycles. The Labute approximate surface area is 176 Å². The molecule has 0 aromatic heterocycles. The molecule has 0 bridgehead atoms. The van der Waals surface area contributed by atoms with Crippen LogP contribution >= 0.6 is 0 Å². The first-order chi connectivity index (χ1) is 14.4. The van der Waals surface area contributed by atoms with Gasteiger partial charge in [0.1, 0.15) is 13.2 Å². The van der Waals surface area contributed by atoms with E-state index in [0.717, 1.165) is 22.4 Å². The van der Waals surface area contributed by atoms with E-state index >= 15 is 0 Å². The number of rotatable bonds is 5. The van der Waals surface area contributed by atoms with E-state index in [1.165, 1.54) is 11.9 Å². The summed E-state index contributed by atoms with van der Waals surface area (Å²) in [5.74, 6) is 1.38. The molecular formula is C22H24N2O5S. The second-order valence-electron chi connectivity index (χ2n) is 7.41. The fraction of sp³-hybridized carbons (Fsp3) is 0.364. The molecule has 7 nitrogen and oxygen atoms in total. The van der Waals surface area contributed by atoms with Crippen LogP contribution in [0.2, 0.25) is 0 Å². The summed E-state index contributed by atoms with van der Waals surface area (Å²) in [7, 11) is -3.08. The zero-order valence-electron chi connectivity index (χ0n) is 17.0. The van der Waals surface area contributed by atoms with Crippen molar-refractivity contribution in [1.29, 1.82) is 0 Å². The van der Waals surface area contributed by atoms with Crippen molar-refractivity contribution >= 4 is 21.5 Å². The molecule has 8 heteroatoms. The molecule has 2 aromatic rings. The molecule has 0 radical (unpaired) electrons. The molecule has 2 aromatic carbocycles. The number of amides is 1. The Morgan fingerprint density at radius 1 is 1.10 bits per heavy atom. The van der Waals surface area contributed by atoms with Crippen molar-refractivity contribution in [2.75, 3.05) is 19.0 Å². The third kappa shape index (κ3) is 4.18. The van der Waals surface area contributed by atoms with Crippen LogP contribution in [0, 0.1) is 0 Å². The molecule has 2 heterocycles. The highest BCUT2D eigenvalue weighted by Gasteiger charge is 2.32. The van der Waals surface area contributed by atoms with Crippen molar-refractivity contribution in [3.63, 3.8) is 0 Å². The maximum absolute atomic E-state index is 12.2. The van der Waals surface area contributed by atoms with E-state index in [-0.39, 0.29) is 23.5 Å². The number of hydrogen-bond acceptors (Lipinski definition) is 6. The summed E-state index contributed by atoms with van der Waals surface area (Å²) < 4.78 is 34.9. The van der Waals surface area contributed by atoms with E-state index in [2.05, 4.69) is 5.10 Å². The average molecular weight is 429 g/mol. The highest BCUT2D eigenvalue weighted by Crippen LogP contribution is 2.38. The number of ether oxygens (including phenoxy) is 2. The van der Waals surface area contributed by atoms with Gasteiger partial charge >= 0.3 is 0 Å². The average Bonchev–Trinajstić information content (AvgIpc) is 3.19. The second kappa shape index (κ2) is 8.10. The van der Waals surface area contributed by atoms with Gasteiger partial charge in [0.05, 0.1) is 17.5 Å². The molecule has 2 aliphatic heterocycles. The van der Waals surface area contributed by atoms with E-state index in [0.29, 0.717) is 31.1 Å². The first-order valence-electron chi connectivity index (χ1n) is 9.93. The molecule has 30 heavy (non-hydrogen) atoms. The van der Waals surface area contributed by atoms with Crippen molar-refractivity contribution < 1.29 is 22.7 Å². The van der Waals surface area contributed by atoms with Gasteiger partial charge in [-0.25, -0.2) is 13.4 Å². The lowest BCUT2D eigenvalue weighted by atomic mass is 9.97. The van der Waals surface area contributed by atoms with Crippen LogP contribution in [0.25, 0.3) is 0 Å². The largest absolute Gasteiger partial charge is 0.486 e. The first kappa shape index (κ1) is 20.4. The number of fused-ring (bicyclic) bond motifs is 1. The van der Waals surface area contributed by atoms with Gasteiger partial charge in [0.2, 0.25) is 5.91 Å². The van der Waals surface area contributed by atoms with Gasteiger partial charge in [-0.05, 0) is 28.8 Å². The number of hydrazone groups is 1. The summed E-state index contributed by atoms with van der Waals surface area (Å²) in [4.78, 5) is 12.2. The van der Waals surface area contributed by atoms with Gasteiger partial charge in [-0.2, -0.15) is 5.10 Å².